The van der Waals surface area contributed by atoms with E-state index in [0.717, 1.165) is 16.9 Å². The van der Waals surface area contributed by atoms with Crippen LogP contribution in [0.25, 0.3) is 5.69 Å². The SMILES string of the molecule is CO[C@H]1C[C@@H](C(N)=O)N(Cc2cn(-c3ccccc3)nc2C)C1. The summed E-state index contributed by atoms with van der Waals surface area (Å²) >= 11 is 0. The van der Waals surface area contributed by atoms with Crippen LogP contribution in [0.5, 0.6) is 0 Å². The highest BCUT2D eigenvalue weighted by Crippen LogP contribution is 2.23. The number of rotatable bonds is 5. The zero-order chi connectivity index (χ0) is 16.4. The fourth-order valence-electron chi connectivity index (χ4n) is 3.09. The van der Waals surface area contributed by atoms with Crippen molar-refractivity contribution in [1.82, 2.24) is 14.7 Å². The first-order valence-electron chi connectivity index (χ1n) is 7.75. The first-order valence-corrected chi connectivity index (χ1v) is 7.75. The molecular formula is C17H22N4O2. The van der Waals surface area contributed by atoms with E-state index in [1.165, 1.54) is 0 Å². The maximum atomic E-state index is 11.7. The van der Waals surface area contributed by atoms with E-state index in [4.69, 9.17) is 10.5 Å². The van der Waals surface area contributed by atoms with Crippen LogP contribution >= 0.6 is 0 Å². The maximum absolute atomic E-state index is 11.7. The lowest BCUT2D eigenvalue weighted by Gasteiger charge is -2.20. The van der Waals surface area contributed by atoms with Crippen molar-refractivity contribution in [2.45, 2.75) is 32.0 Å². The molecule has 0 unspecified atom stereocenters. The van der Waals surface area contributed by atoms with Crippen molar-refractivity contribution >= 4 is 5.91 Å². The van der Waals surface area contributed by atoms with Gasteiger partial charge in [0.1, 0.15) is 0 Å². The van der Waals surface area contributed by atoms with E-state index in [2.05, 4.69) is 10.00 Å². The van der Waals surface area contributed by atoms with Crippen molar-refractivity contribution in [2.75, 3.05) is 13.7 Å². The minimum absolute atomic E-state index is 0.0528. The minimum Gasteiger partial charge on any atom is -0.380 e. The summed E-state index contributed by atoms with van der Waals surface area (Å²) in [7, 11) is 1.67. The molecule has 1 fully saturated rings. The van der Waals surface area contributed by atoms with Crippen LogP contribution in [0.3, 0.4) is 0 Å². The van der Waals surface area contributed by atoms with E-state index >= 15 is 0 Å². The summed E-state index contributed by atoms with van der Waals surface area (Å²) in [6.45, 7) is 3.34. The molecule has 23 heavy (non-hydrogen) atoms. The molecule has 1 aliphatic rings. The molecule has 1 aromatic heterocycles. The topological polar surface area (TPSA) is 73.4 Å². The van der Waals surface area contributed by atoms with Crippen LogP contribution in [0, 0.1) is 6.92 Å². The molecule has 2 heterocycles. The normalized spacial score (nSPS) is 21.7. The molecule has 0 saturated carbocycles. The number of nitrogens with zero attached hydrogens (tertiary/aromatic N) is 3. The Morgan fingerprint density at radius 2 is 2.13 bits per heavy atom. The van der Waals surface area contributed by atoms with Crippen molar-refractivity contribution in [3.8, 4) is 5.69 Å². The van der Waals surface area contributed by atoms with Crippen LogP contribution in [-0.4, -0.2) is 46.4 Å². The van der Waals surface area contributed by atoms with E-state index in [-0.39, 0.29) is 18.1 Å². The first-order chi connectivity index (χ1) is 11.1. The lowest BCUT2D eigenvalue weighted by molar-refractivity contribution is -0.122. The second kappa shape index (κ2) is 6.52. The monoisotopic (exact) mass is 314 g/mol. The zero-order valence-corrected chi connectivity index (χ0v) is 13.5. The summed E-state index contributed by atoms with van der Waals surface area (Å²) < 4.78 is 7.26. The molecule has 1 amide bonds. The number of amides is 1. The van der Waals surface area contributed by atoms with Gasteiger partial charge < -0.3 is 10.5 Å². The lowest BCUT2D eigenvalue weighted by Crippen LogP contribution is -2.39. The van der Waals surface area contributed by atoms with Gasteiger partial charge in [0.25, 0.3) is 0 Å². The number of carbonyl (C=O) groups excluding carboxylic acids is 1. The quantitative estimate of drug-likeness (QED) is 0.901. The summed E-state index contributed by atoms with van der Waals surface area (Å²) in [5.74, 6) is -0.294. The molecule has 1 aliphatic heterocycles. The number of nitrogens with two attached hydrogens (primary N) is 1. The van der Waals surface area contributed by atoms with Crippen molar-refractivity contribution in [1.29, 1.82) is 0 Å². The average molecular weight is 314 g/mol. The second-order valence-corrected chi connectivity index (χ2v) is 5.96. The third-order valence-corrected chi connectivity index (χ3v) is 4.42. The highest BCUT2D eigenvalue weighted by atomic mass is 16.5. The van der Waals surface area contributed by atoms with Crippen molar-refractivity contribution in [3.63, 3.8) is 0 Å². The van der Waals surface area contributed by atoms with E-state index in [1.54, 1.807) is 7.11 Å². The first kappa shape index (κ1) is 15.7. The molecule has 2 aromatic rings. The smallest absolute Gasteiger partial charge is 0.234 e. The van der Waals surface area contributed by atoms with Gasteiger partial charge in [0, 0.05) is 32.0 Å². The van der Waals surface area contributed by atoms with Gasteiger partial charge in [-0.25, -0.2) is 4.68 Å². The molecular weight excluding hydrogens is 292 g/mol. The largest absolute Gasteiger partial charge is 0.380 e. The fraction of sp³-hybridized carbons (Fsp3) is 0.412. The van der Waals surface area contributed by atoms with E-state index < -0.39 is 0 Å². The third kappa shape index (κ3) is 3.28. The number of methoxy groups -OCH3 is 1. The molecule has 0 spiro atoms. The summed E-state index contributed by atoms with van der Waals surface area (Å²) in [5, 5.41) is 4.57. The summed E-state index contributed by atoms with van der Waals surface area (Å²) in [5.41, 5.74) is 8.60. The number of para-hydroxylation sites is 1. The van der Waals surface area contributed by atoms with Gasteiger partial charge in [0.05, 0.1) is 23.5 Å². The molecule has 0 radical (unpaired) electrons. The number of likely N-dealkylation sites (tertiary alicyclic amines) is 1. The standard InChI is InChI=1S/C17H22N4O2/c1-12-13(10-21(19-12)14-6-4-3-5-7-14)9-20-11-15(23-2)8-16(20)17(18)22/h3-7,10,15-16H,8-9,11H2,1-2H3,(H2,18,22)/t15-,16-/m0/s1. The van der Waals surface area contributed by atoms with E-state index in [1.807, 2.05) is 48.1 Å². The van der Waals surface area contributed by atoms with Crippen molar-refractivity contribution in [3.05, 3.63) is 47.8 Å². The Balaban J connectivity index is 1.80. The van der Waals surface area contributed by atoms with E-state index in [9.17, 15) is 4.79 Å². The summed E-state index contributed by atoms with van der Waals surface area (Å²) in [4.78, 5) is 13.8. The molecule has 122 valence electrons. The predicted molar refractivity (Wildman–Crippen MR) is 87.1 cm³/mol. The number of benzene rings is 1. The Bertz CT molecular complexity index is 683. The van der Waals surface area contributed by atoms with Gasteiger partial charge in [-0.1, -0.05) is 18.2 Å². The highest BCUT2D eigenvalue weighted by Gasteiger charge is 2.36. The Labute approximate surface area is 135 Å². The molecule has 2 atom stereocenters. The molecule has 1 aromatic carbocycles. The summed E-state index contributed by atoms with van der Waals surface area (Å²) in [6, 6.07) is 9.70. The lowest BCUT2D eigenvalue weighted by atomic mass is 10.2. The molecule has 2 N–H and O–H groups in total. The van der Waals surface area contributed by atoms with Gasteiger partial charge in [0.15, 0.2) is 0 Å². The number of aryl methyl sites for hydroxylation is 1. The van der Waals surface area contributed by atoms with Crippen LogP contribution in [0.2, 0.25) is 0 Å². The Kier molecular flexibility index (Phi) is 4.45. The van der Waals surface area contributed by atoms with Gasteiger partial charge in [-0.3, -0.25) is 9.69 Å². The number of ether oxygens (including phenoxy) is 1. The molecule has 6 nitrogen and oxygen atoms in total. The second-order valence-electron chi connectivity index (χ2n) is 5.96. The maximum Gasteiger partial charge on any atom is 0.234 e. The number of primary amides is 1. The molecule has 6 heteroatoms. The highest BCUT2D eigenvalue weighted by molar-refractivity contribution is 5.80. The number of carbonyl (C=O) groups is 1. The summed E-state index contributed by atoms with van der Waals surface area (Å²) in [6.07, 6.45) is 2.72. The molecule has 3 rings (SSSR count). The zero-order valence-electron chi connectivity index (χ0n) is 13.5. The van der Waals surface area contributed by atoms with Crippen LogP contribution in [-0.2, 0) is 16.1 Å². The van der Waals surface area contributed by atoms with Gasteiger partial charge in [-0.2, -0.15) is 5.10 Å². The Hall–Kier alpha value is -2.18. The van der Waals surface area contributed by atoms with Crippen LogP contribution in [0.15, 0.2) is 36.5 Å². The molecule has 0 aliphatic carbocycles. The number of hydrogen-bond acceptors (Lipinski definition) is 4. The predicted octanol–water partition coefficient (Wildman–Crippen LogP) is 1.26. The Morgan fingerprint density at radius 1 is 1.39 bits per heavy atom. The Morgan fingerprint density at radius 3 is 2.78 bits per heavy atom. The van der Waals surface area contributed by atoms with Crippen LogP contribution in [0.1, 0.15) is 17.7 Å². The van der Waals surface area contributed by atoms with Gasteiger partial charge >= 0.3 is 0 Å². The van der Waals surface area contributed by atoms with Gasteiger partial charge in [-0.05, 0) is 25.5 Å². The minimum atomic E-state index is -0.294. The fourth-order valence-corrected chi connectivity index (χ4v) is 3.09. The van der Waals surface area contributed by atoms with E-state index in [0.29, 0.717) is 19.5 Å². The van der Waals surface area contributed by atoms with Crippen molar-refractivity contribution in [2.24, 2.45) is 5.73 Å². The third-order valence-electron chi connectivity index (χ3n) is 4.42. The van der Waals surface area contributed by atoms with Gasteiger partial charge in [-0.15, -0.1) is 0 Å². The average Bonchev–Trinajstić information content (AvgIpc) is 3.13. The number of aromatic nitrogens is 2. The van der Waals surface area contributed by atoms with Crippen molar-refractivity contribution < 1.29 is 9.53 Å². The molecule has 1 saturated heterocycles. The van der Waals surface area contributed by atoms with Gasteiger partial charge in [0.2, 0.25) is 5.91 Å². The number of hydrogen-bond donors (Lipinski definition) is 1. The van der Waals surface area contributed by atoms with Crippen LogP contribution in [0.4, 0.5) is 0 Å². The molecule has 0 bridgehead atoms. The van der Waals surface area contributed by atoms with Crippen LogP contribution < -0.4 is 5.73 Å².